The first kappa shape index (κ1) is 33.2. The van der Waals surface area contributed by atoms with Gasteiger partial charge >= 0.3 is 0 Å². The molecule has 2 heteroatoms. The molecular weight excluding hydrogens is 436 g/mol. The summed E-state index contributed by atoms with van der Waals surface area (Å²) in [5.74, 6) is 1.61. The van der Waals surface area contributed by atoms with Crippen molar-refractivity contribution in [3.8, 4) is 0 Å². The van der Waals surface area contributed by atoms with Crippen molar-refractivity contribution in [2.75, 3.05) is 0 Å². The molecule has 2 nitrogen and oxygen atoms in total. The van der Waals surface area contributed by atoms with Crippen molar-refractivity contribution in [1.29, 1.82) is 0 Å². The highest BCUT2D eigenvalue weighted by Crippen LogP contribution is 2.14. The number of aromatic nitrogens is 2. The molecule has 0 saturated carbocycles. The van der Waals surface area contributed by atoms with E-state index in [0.29, 0.717) is 0 Å². The van der Waals surface area contributed by atoms with E-state index < -0.39 is 0 Å². The van der Waals surface area contributed by atoms with Crippen LogP contribution < -0.4 is 4.57 Å². The molecule has 0 atom stereocenters. The maximum absolute atomic E-state index is 2.61. The van der Waals surface area contributed by atoms with Crippen molar-refractivity contribution < 1.29 is 4.57 Å². The van der Waals surface area contributed by atoms with Gasteiger partial charge in [0.25, 0.3) is 5.82 Å². The summed E-state index contributed by atoms with van der Waals surface area (Å²) in [6, 6.07) is 0. The molecule has 1 heterocycles. The first-order valence-corrected chi connectivity index (χ1v) is 16.9. The molecule has 36 heavy (non-hydrogen) atoms. The first-order valence-electron chi connectivity index (χ1n) is 16.9. The fourth-order valence-corrected chi connectivity index (χ4v) is 5.62. The van der Waals surface area contributed by atoms with E-state index in [2.05, 4.69) is 42.3 Å². The summed E-state index contributed by atoms with van der Waals surface area (Å²) in [5, 5.41) is 0. The van der Waals surface area contributed by atoms with E-state index in [4.69, 9.17) is 0 Å². The van der Waals surface area contributed by atoms with Gasteiger partial charge in [-0.3, -0.25) is 0 Å². The summed E-state index contributed by atoms with van der Waals surface area (Å²) in [5.41, 5.74) is 0. The van der Waals surface area contributed by atoms with E-state index in [9.17, 15) is 0 Å². The van der Waals surface area contributed by atoms with Crippen molar-refractivity contribution in [1.82, 2.24) is 4.57 Å². The molecule has 0 fully saturated rings. The molecule has 0 saturated heterocycles. The van der Waals surface area contributed by atoms with Gasteiger partial charge in [-0.15, -0.1) is 0 Å². The molecule has 0 aliphatic rings. The molecular formula is C34H67N2+. The average Bonchev–Trinajstić information content (AvgIpc) is 3.27. The quantitative estimate of drug-likeness (QED) is 0.0794. The Hall–Kier alpha value is -0.790. The molecule has 0 aliphatic heterocycles. The zero-order valence-electron chi connectivity index (χ0n) is 25.3. The minimum atomic E-state index is 1.23. The van der Waals surface area contributed by atoms with Crippen LogP contribution in [0.15, 0.2) is 12.4 Å². The lowest BCUT2D eigenvalue weighted by atomic mass is 10.1. The maximum Gasteiger partial charge on any atom is 0.256 e. The van der Waals surface area contributed by atoms with Crippen LogP contribution in [0.25, 0.3) is 0 Å². The molecule has 0 bridgehead atoms. The molecule has 1 aromatic heterocycles. The third kappa shape index (κ3) is 18.5. The molecule has 0 aromatic carbocycles. The van der Waals surface area contributed by atoms with Crippen LogP contribution in [0.4, 0.5) is 0 Å². The average molecular weight is 504 g/mol. The lowest BCUT2D eigenvalue weighted by Crippen LogP contribution is -2.37. The maximum atomic E-state index is 2.61. The molecule has 0 aliphatic carbocycles. The number of imidazole rings is 1. The van der Waals surface area contributed by atoms with Crippen LogP contribution in [-0.4, -0.2) is 4.57 Å². The number of rotatable bonds is 28. The Kier molecular flexibility index (Phi) is 23.9. The van der Waals surface area contributed by atoms with E-state index in [1.165, 1.54) is 180 Å². The minimum Gasteiger partial charge on any atom is -0.234 e. The normalized spacial score (nSPS) is 11.5. The molecule has 0 unspecified atom stereocenters. The lowest BCUT2D eigenvalue weighted by molar-refractivity contribution is -0.704. The van der Waals surface area contributed by atoms with Crippen LogP contribution in [0.5, 0.6) is 0 Å². The minimum absolute atomic E-state index is 1.23. The van der Waals surface area contributed by atoms with E-state index in [-0.39, 0.29) is 0 Å². The van der Waals surface area contributed by atoms with E-state index >= 15 is 0 Å². The molecule has 0 N–H and O–H groups in total. The zero-order valence-corrected chi connectivity index (χ0v) is 25.3. The van der Waals surface area contributed by atoms with Gasteiger partial charge in [-0.1, -0.05) is 149 Å². The Labute approximate surface area is 228 Å². The summed E-state index contributed by atoms with van der Waals surface area (Å²) in [7, 11) is 0. The molecule has 212 valence electrons. The number of hydrogen-bond donors (Lipinski definition) is 0. The van der Waals surface area contributed by atoms with Crippen LogP contribution >= 0.6 is 0 Å². The highest BCUT2D eigenvalue weighted by Gasteiger charge is 2.16. The summed E-state index contributed by atoms with van der Waals surface area (Å²) in [6.45, 7) is 9.39. The van der Waals surface area contributed by atoms with E-state index in [1.54, 1.807) is 5.82 Å². The van der Waals surface area contributed by atoms with Crippen molar-refractivity contribution in [3.63, 3.8) is 0 Å². The first-order chi connectivity index (χ1) is 17.8. The summed E-state index contributed by atoms with van der Waals surface area (Å²) < 4.78 is 5.22. The van der Waals surface area contributed by atoms with Gasteiger partial charge in [0.2, 0.25) is 0 Å². The monoisotopic (exact) mass is 504 g/mol. The van der Waals surface area contributed by atoms with Gasteiger partial charge in [0.1, 0.15) is 12.4 Å². The topological polar surface area (TPSA) is 8.81 Å². The van der Waals surface area contributed by atoms with Gasteiger partial charge < -0.3 is 0 Å². The number of hydrogen-bond acceptors (Lipinski definition) is 0. The van der Waals surface area contributed by atoms with Crippen molar-refractivity contribution in [2.24, 2.45) is 0 Å². The van der Waals surface area contributed by atoms with Gasteiger partial charge in [-0.25, -0.2) is 9.13 Å². The summed E-state index contributed by atoms with van der Waals surface area (Å²) in [4.78, 5) is 0. The highest BCUT2D eigenvalue weighted by molar-refractivity contribution is 4.84. The fourth-order valence-electron chi connectivity index (χ4n) is 5.62. The third-order valence-corrected chi connectivity index (χ3v) is 8.10. The fraction of sp³-hybridized carbons (Fsp3) is 0.912. The SMILES string of the molecule is CCCCCCCCCCCCCCn1cc[n+](CCCCCCCCC)c1CCCCCCCC. The van der Waals surface area contributed by atoms with Gasteiger partial charge in [0.15, 0.2) is 0 Å². The van der Waals surface area contributed by atoms with E-state index in [0.717, 1.165) is 0 Å². The Bertz CT molecular complexity index is 562. The number of nitrogens with zero attached hydrogens (tertiary/aromatic N) is 2. The molecule has 1 rings (SSSR count). The predicted octanol–water partition coefficient (Wildman–Crippen LogP) is 11.1. The molecule has 0 spiro atoms. The Morgan fingerprint density at radius 1 is 0.472 bits per heavy atom. The van der Waals surface area contributed by atoms with Gasteiger partial charge in [-0.2, -0.15) is 0 Å². The largest absolute Gasteiger partial charge is 0.256 e. The van der Waals surface area contributed by atoms with Crippen LogP contribution in [-0.2, 0) is 19.5 Å². The second-order valence-electron chi connectivity index (χ2n) is 11.6. The number of aryl methyl sites for hydroxylation is 2. The van der Waals surface area contributed by atoms with Gasteiger partial charge in [-0.05, 0) is 32.1 Å². The van der Waals surface area contributed by atoms with Crippen molar-refractivity contribution in [2.45, 2.75) is 201 Å². The van der Waals surface area contributed by atoms with Gasteiger partial charge in [0, 0.05) is 6.42 Å². The molecule has 0 amide bonds. The lowest BCUT2D eigenvalue weighted by Gasteiger charge is -2.07. The van der Waals surface area contributed by atoms with Crippen molar-refractivity contribution >= 4 is 0 Å². The van der Waals surface area contributed by atoms with Crippen LogP contribution in [0.3, 0.4) is 0 Å². The van der Waals surface area contributed by atoms with Crippen LogP contribution in [0.2, 0.25) is 0 Å². The van der Waals surface area contributed by atoms with Crippen LogP contribution in [0.1, 0.15) is 187 Å². The standard InChI is InChI=1S/C34H67N2/c1-4-7-10-13-16-17-18-19-20-22-25-28-31-36-33-32-35(30-27-24-21-14-11-8-5-2)34(36)29-26-23-15-12-9-6-3/h32-33H,4-31H2,1-3H3/q+1. The summed E-state index contributed by atoms with van der Waals surface area (Å²) >= 11 is 0. The van der Waals surface area contributed by atoms with Gasteiger partial charge in [0.05, 0.1) is 13.1 Å². The summed E-state index contributed by atoms with van der Waals surface area (Å²) in [6.07, 6.45) is 41.4. The molecule has 0 radical (unpaired) electrons. The van der Waals surface area contributed by atoms with Crippen molar-refractivity contribution in [3.05, 3.63) is 18.2 Å². The predicted molar refractivity (Wildman–Crippen MR) is 161 cm³/mol. The van der Waals surface area contributed by atoms with E-state index in [1.807, 2.05) is 0 Å². The second-order valence-corrected chi connectivity index (χ2v) is 11.6. The highest BCUT2D eigenvalue weighted by atomic mass is 15.1. The van der Waals surface area contributed by atoms with Crippen LogP contribution in [0, 0.1) is 0 Å². The Balaban J connectivity index is 2.29. The molecule has 1 aromatic rings. The zero-order chi connectivity index (χ0) is 25.9. The smallest absolute Gasteiger partial charge is 0.234 e. The number of unbranched alkanes of at least 4 members (excludes halogenated alkanes) is 22. The Morgan fingerprint density at radius 2 is 0.861 bits per heavy atom. The Morgan fingerprint density at radius 3 is 1.33 bits per heavy atom. The third-order valence-electron chi connectivity index (χ3n) is 8.10. The second kappa shape index (κ2) is 25.8.